The van der Waals surface area contributed by atoms with Crippen LogP contribution in [0.5, 0.6) is 0 Å². The minimum atomic E-state index is -0.392. The number of halogens is 2. The first kappa shape index (κ1) is 15.7. The van der Waals surface area contributed by atoms with Crippen molar-refractivity contribution >= 4 is 40.7 Å². The molecule has 1 aromatic rings. The van der Waals surface area contributed by atoms with Gasteiger partial charge in [-0.1, -0.05) is 29.3 Å². The van der Waals surface area contributed by atoms with E-state index in [0.717, 1.165) is 26.2 Å². The summed E-state index contributed by atoms with van der Waals surface area (Å²) in [6, 6.07) is 4.58. The van der Waals surface area contributed by atoms with Crippen molar-refractivity contribution in [2.24, 2.45) is 0 Å². The van der Waals surface area contributed by atoms with Crippen LogP contribution in [-0.2, 0) is 9.59 Å². The number of amides is 2. The Labute approximate surface area is 139 Å². The molecule has 0 N–H and O–H groups in total. The Morgan fingerprint density at radius 3 is 2.45 bits per heavy atom. The molecule has 2 saturated heterocycles. The van der Waals surface area contributed by atoms with Crippen molar-refractivity contribution < 1.29 is 9.59 Å². The summed E-state index contributed by atoms with van der Waals surface area (Å²) >= 11 is 12.1. The third-order valence-electron chi connectivity index (χ3n) is 4.27. The van der Waals surface area contributed by atoms with Gasteiger partial charge in [0.25, 0.3) is 5.91 Å². The van der Waals surface area contributed by atoms with E-state index in [0.29, 0.717) is 10.7 Å². The van der Waals surface area contributed by atoms with Crippen LogP contribution in [-0.4, -0.2) is 60.9 Å². The number of carbonyl (C=O) groups is 2. The van der Waals surface area contributed by atoms with Crippen molar-refractivity contribution in [3.05, 3.63) is 28.2 Å². The topological polar surface area (TPSA) is 43.9 Å². The first-order valence-corrected chi connectivity index (χ1v) is 7.98. The Hall–Kier alpha value is -1.14. The molecule has 0 aliphatic carbocycles. The fourth-order valence-corrected chi connectivity index (χ4v) is 3.33. The fraction of sp³-hybridized carbons (Fsp3) is 0.467. The van der Waals surface area contributed by atoms with Gasteiger partial charge in [-0.2, -0.15) is 0 Å². The number of rotatable bonds is 2. The van der Waals surface area contributed by atoms with Gasteiger partial charge in [0.05, 0.1) is 28.2 Å². The van der Waals surface area contributed by atoms with Crippen LogP contribution < -0.4 is 4.90 Å². The third kappa shape index (κ3) is 2.74. The van der Waals surface area contributed by atoms with Gasteiger partial charge in [0.1, 0.15) is 0 Å². The van der Waals surface area contributed by atoms with Crippen molar-refractivity contribution in [3.8, 4) is 0 Å². The number of hydrogen-bond donors (Lipinski definition) is 0. The first-order chi connectivity index (χ1) is 10.5. The predicted molar refractivity (Wildman–Crippen MR) is 86.4 cm³/mol. The maximum absolute atomic E-state index is 12.7. The van der Waals surface area contributed by atoms with Gasteiger partial charge in [0.15, 0.2) is 0 Å². The fourth-order valence-electron chi connectivity index (χ4n) is 2.95. The van der Waals surface area contributed by atoms with Gasteiger partial charge in [0.2, 0.25) is 5.91 Å². The van der Waals surface area contributed by atoms with Crippen LogP contribution in [0, 0.1) is 0 Å². The normalized spacial score (nSPS) is 24.3. The SMILES string of the molecule is CN1CCN([C@H]2CC(=O)N(c3cccc(Cl)c3Cl)C2=O)CC1. The highest BCUT2D eigenvalue weighted by Gasteiger charge is 2.43. The molecule has 1 atom stereocenters. The van der Waals surface area contributed by atoms with E-state index in [-0.39, 0.29) is 23.3 Å². The minimum Gasteiger partial charge on any atom is -0.304 e. The zero-order valence-electron chi connectivity index (χ0n) is 12.3. The lowest BCUT2D eigenvalue weighted by molar-refractivity contribution is -0.123. The quantitative estimate of drug-likeness (QED) is 0.770. The van der Waals surface area contributed by atoms with Gasteiger partial charge in [-0.25, -0.2) is 4.90 Å². The molecule has 0 spiro atoms. The van der Waals surface area contributed by atoms with E-state index < -0.39 is 6.04 Å². The molecule has 7 heteroatoms. The first-order valence-electron chi connectivity index (χ1n) is 7.22. The van der Waals surface area contributed by atoms with Crippen molar-refractivity contribution in [3.63, 3.8) is 0 Å². The molecule has 2 aliphatic heterocycles. The van der Waals surface area contributed by atoms with Crippen molar-refractivity contribution in [2.75, 3.05) is 38.1 Å². The Balaban J connectivity index is 1.84. The van der Waals surface area contributed by atoms with E-state index in [1.165, 1.54) is 4.90 Å². The second-order valence-corrected chi connectivity index (χ2v) is 6.48. The lowest BCUT2D eigenvalue weighted by Gasteiger charge is -2.35. The van der Waals surface area contributed by atoms with Crippen molar-refractivity contribution in [1.29, 1.82) is 0 Å². The molecule has 2 aliphatic rings. The van der Waals surface area contributed by atoms with Gasteiger partial charge in [0, 0.05) is 26.2 Å². The summed E-state index contributed by atoms with van der Waals surface area (Å²) in [4.78, 5) is 30.5. The number of carbonyl (C=O) groups excluding carboxylic acids is 2. The molecule has 0 unspecified atom stereocenters. The maximum Gasteiger partial charge on any atom is 0.251 e. The Kier molecular flexibility index (Phi) is 4.41. The highest BCUT2D eigenvalue weighted by atomic mass is 35.5. The highest BCUT2D eigenvalue weighted by Crippen LogP contribution is 2.35. The van der Waals surface area contributed by atoms with E-state index in [9.17, 15) is 9.59 Å². The van der Waals surface area contributed by atoms with Crippen molar-refractivity contribution in [1.82, 2.24) is 9.80 Å². The number of piperazine rings is 1. The zero-order valence-corrected chi connectivity index (χ0v) is 13.8. The Morgan fingerprint density at radius 1 is 1.09 bits per heavy atom. The van der Waals surface area contributed by atoms with Crippen LogP contribution in [0.1, 0.15) is 6.42 Å². The van der Waals surface area contributed by atoms with Crippen LogP contribution in [0.2, 0.25) is 10.0 Å². The maximum atomic E-state index is 12.7. The molecule has 22 heavy (non-hydrogen) atoms. The molecule has 0 bridgehead atoms. The van der Waals surface area contributed by atoms with Gasteiger partial charge in [-0.15, -0.1) is 0 Å². The van der Waals surface area contributed by atoms with E-state index in [1.54, 1.807) is 18.2 Å². The molecule has 2 heterocycles. The van der Waals surface area contributed by atoms with E-state index in [1.807, 2.05) is 0 Å². The van der Waals surface area contributed by atoms with E-state index in [4.69, 9.17) is 23.2 Å². The van der Waals surface area contributed by atoms with Crippen LogP contribution in [0.15, 0.2) is 18.2 Å². The lowest BCUT2D eigenvalue weighted by atomic mass is 10.2. The van der Waals surface area contributed by atoms with Gasteiger partial charge in [-0.3, -0.25) is 14.5 Å². The smallest absolute Gasteiger partial charge is 0.251 e. The molecule has 0 radical (unpaired) electrons. The molecular weight excluding hydrogens is 325 g/mol. The monoisotopic (exact) mass is 341 g/mol. The molecule has 2 fully saturated rings. The molecule has 118 valence electrons. The number of nitrogens with zero attached hydrogens (tertiary/aromatic N) is 3. The summed E-state index contributed by atoms with van der Waals surface area (Å²) in [7, 11) is 2.05. The minimum absolute atomic E-state index is 0.200. The lowest BCUT2D eigenvalue weighted by Crippen LogP contribution is -2.51. The number of benzene rings is 1. The summed E-state index contributed by atoms with van der Waals surface area (Å²) in [5, 5.41) is 0.577. The number of anilines is 1. The molecule has 5 nitrogen and oxygen atoms in total. The zero-order chi connectivity index (χ0) is 15.9. The Morgan fingerprint density at radius 2 is 1.77 bits per heavy atom. The van der Waals surface area contributed by atoms with Gasteiger partial charge in [-0.05, 0) is 19.2 Å². The summed E-state index contributed by atoms with van der Waals surface area (Å²) in [5.41, 5.74) is 0.376. The van der Waals surface area contributed by atoms with Crippen LogP contribution in [0.4, 0.5) is 5.69 Å². The predicted octanol–water partition coefficient (Wildman–Crippen LogP) is 1.87. The molecule has 1 aromatic carbocycles. The molecule has 2 amide bonds. The number of imide groups is 1. The molecule has 3 rings (SSSR count). The van der Waals surface area contributed by atoms with Gasteiger partial charge >= 0.3 is 0 Å². The number of likely N-dealkylation sites (N-methyl/N-ethyl adjacent to an activating group) is 1. The largest absolute Gasteiger partial charge is 0.304 e. The van der Waals surface area contributed by atoms with Crippen LogP contribution in [0.3, 0.4) is 0 Å². The molecule has 0 aromatic heterocycles. The van der Waals surface area contributed by atoms with E-state index in [2.05, 4.69) is 16.8 Å². The average molecular weight is 342 g/mol. The van der Waals surface area contributed by atoms with Crippen LogP contribution in [0.25, 0.3) is 0 Å². The average Bonchev–Trinajstić information content (AvgIpc) is 2.78. The number of hydrogen-bond acceptors (Lipinski definition) is 4. The second-order valence-electron chi connectivity index (χ2n) is 5.70. The summed E-state index contributed by atoms with van der Waals surface area (Å²) in [5.74, 6) is -0.434. The van der Waals surface area contributed by atoms with E-state index >= 15 is 0 Å². The van der Waals surface area contributed by atoms with Gasteiger partial charge < -0.3 is 4.90 Å². The standard InChI is InChI=1S/C15H17Cl2N3O2/c1-18-5-7-19(8-6-18)12-9-13(21)20(15(12)22)11-4-2-3-10(16)14(11)17/h2-4,12H,5-9H2,1H3/t12-/m0/s1. The van der Waals surface area contributed by atoms with Crippen molar-refractivity contribution in [2.45, 2.75) is 12.5 Å². The third-order valence-corrected chi connectivity index (χ3v) is 5.08. The summed E-state index contributed by atoms with van der Waals surface area (Å²) in [6.45, 7) is 3.38. The summed E-state index contributed by atoms with van der Waals surface area (Å²) in [6.07, 6.45) is 0.200. The summed E-state index contributed by atoms with van der Waals surface area (Å²) < 4.78 is 0. The second kappa shape index (κ2) is 6.16. The van der Waals surface area contributed by atoms with Crippen LogP contribution >= 0.6 is 23.2 Å². The Bertz CT molecular complexity index is 615. The molecular formula is C15H17Cl2N3O2. The highest BCUT2D eigenvalue weighted by molar-refractivity contribution is 6.44. The molecule has 0 saturated carbocycles.